The van der Waals surface area contributed by atoms with Gasteiger partial charge in [0.15, 0.2) is 0 Å². The van der Waals surface area contributed by atoms with Gasteiger partial charge in [-0.15, -0.1) is 0 Å². The van der Waals surface area contributed by atoms with Gasteiger partial charge in [0.2, 0.25) is 0 Å². The smallest absolute Gasteiger partial charge is 0.118 e. The van der Waals surface area contributed by atoms with Crippen LogP contribution in [0.2, 0.25) is 0 Å². The van der Waals surface area contributed by atoms with Gasteiger partial charge in [0.25, 0.3) is 0 Å². The summed E-state index contributed by atoms with van der Waals surface area (Å²) in [4.78, 5) is 2.30. The van der Waals surface area contributed by atoms with Crippen molar-refractivity contribution in [2.24, 2.45) is 0 Å². The SMILES string of the molecule is COc1ccc(-c2ccc(-c3ccc(N(c4ccc(C)cc4)c4ccc(C)cc4)cc3)cc2)cc1. The number of benzene rings is 5. The van der Waals surface area contributed by atoms with Crippen LogP contribution in [0.5, 0.6) is 5.75 Å². The average Bonchev–Trinajstić information content (AvgIpc) is 2.91. The van der Waals surface area contributed by atoms with Crippen LogP contribution >= 0.6 is 0 Å². The van der Waals surface area contributed by atoms with E-state index in [9.17, 15) is 0 Å². The average molecular weight is 456 g/mol. The van der Waals surface area contributed by atoms with Crippen LogP contribution in [0.4, 0.5) is 17.1 Å². The van der Waals surface area contributed by atoms with Crippen LogP contribution in [0, 0.1) is 13.8 Å². The summed E-state index contributed by atoms with van der Waals surface area (Å²) in [5.41, 5.74) is 10.7. The van der Waals surface area contributed by atoms with Gasteiger partial charge in [0, 0.05) is 17.1 Å². The van der Waals surface area contributed by atoms with Crippen LogP contribution in [0.25, 0.3) is 22.3 Å². The predicted octanol–water partition coefficient (Wildman–Crippen LogP) is 9.12. The Labute approximate surface area is 208 Å². The topological polar surface area (TPSA) is 12.5 Å². The van der Waals surface area contributed by atoms with Gasteiger partial charge in [-0.25, -0.2) is 0 Å². The maximum absolute atomic E-state index is 5.27. The number of methoxy groups -OCH3 is 1. The molecule has 0 bridgehead atoms. The maximum Gasteiger partial charge on any atom is 0.118 e. The highest BCUT2D eigenvalue weighted by Gasteiger charge is 2.12. The largest absolute Gasteiger partial charge is 0.497 e. The third kappa shape index (κ3) is 4.97. The molecule has 5 aromatic rings. The fourth-order valence-electron chi connectivity index (χ4n) is 4.28. The minimum atomic E-state index is 0.871. The molecule has 0 unspecified atom stereocenters. The standard InChI is InChI=1S/C33H29NO/c1-24-4-16-30(17-5-24)34(31-18-6-25(2)7-19-31)32-20-12-28(13-21-32)26-8-10-27(11-9-26)29-14-22-33(35-3)23-15-29/h4-23H,1-3H3. The van der Waals surface area contributed by atoms with Crippen LogP contribution in [0.3, 0.4) is 0 Å². The first kappa shape index (κ1) is 22.5. The Morgan fingerprint density at radius 3 is 1.03 bits per heavy atom. The first-order chi connectivity index (χ1) is 17.1. The molecule has 0 radical (unpaired) electrons. The van der Waals surface area contributed by atoms with E-state index in [-0.39, 0.29) is 0 Å². The summed E-state index contributed by atoms with van der Waals surface area (Å²) in [6.45, 7) is 4.24. The molecular formula is C33H29NO. The van der Waals surface area contributed by atoms with E-state index in [0.29, 0.717) is 0 Å². The maximum atomic E-state index is 5.27. The third-order valence-electron chi connectivity index (χ3n) is 6.35. The zero-order chi connectivity index (χ0) is 24.2. The van der Waals surface area contributed by atoms with Crippen molar-refractivity contribution in [1.82, 2.24) is 0 Å². The highest BCUT2D eigenvalue weighted by molar-refractivity contribution is 5.79. The number of hydrogen-bond donors (Lipinski definition) is 0. The summed E-state index contributed by atoms with van der Waals surface area (Å²) in [5.74, 6) is 0.871. The van der Waals surface area contributed by atoms with Crippen molar-refractivity contribution >= 4 is 17.1 Å². The van der Waals surface area contributed by atoms with E-state index in [1.807, 2.05) is 12.1 Å². The van der Waals surface area contributed by atoms with Gasteiger partial charge < -0.3 is 9.64 Å². The Hall–Kier alpha value is -4.30. The van der Waals surface area contributed by atoms with Crippen molar-refractivity contribution in [3.63, 3.8) is 0 Å². The van der Waals surface area contributed by atoms with Gasteiger partial charge in [-0.3, -0.25) is 0 Å². The second-order valence-electron chi connectivity index (χ2n) is 8.86. The van der Waals surface area contributed by atoms with Crippen LogP contribution < -0.4 is 9.64 Å². The highest BCUT2D eigenvalue weighted by atomic mass is 16.5. The molecule has 2 nitrogen and oxygen atoms in total. The number of aryl methyl sites for hydroxylation is 2. The van der Waals surface area contributed by atoms with Crippen molar-refractivity contribution in [3.8, 4) is 28.0 Å². The molecule has 0 aliphatic rings. The Morgan fingerprint density at radius 2 is 0.686 bits per heavy atom. The van der Waals surface area contributed by atoms with E-state index in [2.05, 4.69) is 128 Å². The first-order valence-electron chi connectivity index (χ1n) is 11.9. The van der Waals surface area contributed by atoms with Crippen molar-refractivity contribution in [2.75, 3.05) is 12.0 Å². The molecule has 0 heterocycles. The summed E-state index contributed by atoms with van der Waals surface area (Å²) < 4.78 is 5.27. The molecule has 0 N–H and O–H groups in total. The van der Waals surface area contributed by atoms with E-state index in [0.717, 1.165) is 22.8 Å². The fraction of sp³-hybridized carbons (Fsp3) is 0.0909. The van der Waals surface area contributed by atoms with E-state index in [4.69, 9.17) is 4.74 Å². The zero-order valence-corrected chi connectivity index (χ0v) is 20.4. The second kappa shape index (κ2) is 9.90. The van der Waals surface area contributed by atoms with Crippen molar-refractivity contribution in [3.05, 3.63) is 132 Å². The van der Waals surface area contributed by atoms with Gasteiger partial charge in [-0.2, -0.15) is 0 Å². The summed E-state index contributed by atoms with van der Waals surface area (Å²) >= 11 is 0. The number of hydrogen-bond acceptors (Lipinski definition) is 2. The van der Waals surface area contributed by atoms with E-state index in [1.54, 1.807) is 7.11 Å². The lowest BCUT2D eigenvalue weighted by Crippen LogP contribution is -2.09. The first-order valence-corrected chi connectivity index (χ1v) is 11.9. The Kier molecular flexibility index (Phi) is 6.36. The molecule has 0 aliphatic carbocycles. The minimum absolute atomic E-state index is 0.871. The van der Waals surface area contributed by atoms with E-state index >= 15 is 0 Å². The number of rotatable bonds is 6. The highest BCUT2D eigenvalue weighted by Crippen LogP contribution is 2.36. The molecule has 0 saturated heterocycles. The van der Waals surface area contributed by atoms with Crippen molar-refractivity contribution in [2.45, 2.75) is 13.8 Å². The Balaban J connectivity index is 1.43. The van der Waals surface area contributed by atoms with Gasteiger partial charge in [-0.05, 0) is 84.6 Å². The van der Waals surface area contributed by atoms with Gasteiger partial charge in [0.1, 0.15) is 5.75 Å². The monoisotopic (exact) mass is 455 g/mol. The summed E-state index contributed by atoms with van der Waals surface area (Å²) in [5, 5.41) is 0. The van der Waals surface area contributed by atoms with Gasteiger partial charge in [0.05, 0.1) is 7.11 Å². The normalized spacial score (nSPS) is 10.7. The minimum Gasteiger partial charge on any atom is -0.497 e. The molecule has 0 saturated carbocycles. The molecule has 0 aromatic heterocycles. The van der Waals surface area contributed by atoms with Gasteiger partial charge in [-0.1, -0.05) is 83.9 Å². The van der Waals surface area contributed by atoms with Crippen LogP contribution in [-0.4, -0.2) is 7.11 Å². The summed E-state index contributed by atoms with van der Waals surface area (Å²) in [7, 11) is 1.69. The van der Waals surface area contributed by atoms with Crippen molar-refractivity contribution in [1.29, 1.82) is 0 Å². The van der Waals surface area contributed by atoms with E-state index < -0.39 is 0 Å². The Morgan fingerprint density at radius 1 is 0.400 bits per heavy atom. The predicted molar refractivity (Wildman–Crippen MR) is 148 cm³/mol. The van der Waals surface area contributed by atoms with E-state index in [1.165, 1.54) is 33.4 Å². The number of nitrogens with zero attached hydrogens (tertiary/aromatic N) is 1. The molecule has 0 spiro atoms. The molecule has 0 fully saturated rings. The quantitative estimate of drug-likeness (QED) is 0.253. The van der Waals surface area contributed by atoms with Crippen LogP contribution in [0.1, 0.15) is 11.1 Å². The molecule has 2 heteroatoms. The van der Waals surface area contributed by atoms with Crippen LogP contribution in [-0.2, 0) is 0 Å². The Bertz CT molecular complexity index is 1340. The molecule has 5 aromatic carbocycles. The summed E-state index contributed by atoms with van der Waals surface area (Å²) in [6, 6.07) is 43.1. The lowest BCUT2D eigenvalue weighted by molar-refractivity contribution is 0.415. The number of anilines is 3. The van der Waals surface area contributed by atoms with Gasteiger partial charge >= 0.3 is 0 Å². The third-order valence-corrected chi connectivity index (χ3v) is 6.35. The van der Waals surface area contributed by atoms with Crippen molar-refractivity contribution < 1.29 is 4.74 Å². The molecule has 5 rings (SSSR count). The molecule has 0 aliphatic heterocycles. The molecular weight excluding hydrogens is 426 g/mol. The van der Waals surface area contributed by atoms with Crippen LogP contribution in [0.15, 0.2) is 121 Å². The fourth-order valence-corrected chi connectivity index (χ4v) is 4.28. The summed E-state index contributed by atoms with van der Waals surface area (Å²) in [6.07, 6.45) is 0. The molecule has 0 amide bonds. The lowest BCUT2D eigenvalue weighted by atomic mass is 10.00. The molecule has 0 atom stereocenters. The lowest BCUT2D eigenvalue weighted by Gasteiger charge is -2.26. The second-order valence-corrected chi connectivity index (χ2v) is 8.86. The number of ether oxygens (including phenoxy) is 1. The molecule has 172 valence electrons. The zero-order valence-electron chi connectivity index (χ0n) is 20.4. The molecule has 35 heavy (non-hydrogen) atoms.